The molecule has 0 unspecified atom stereocenters. The SMILES string of the molecule is Cc1ccccc1-c1ccc(C(C)(C)C)c[n+]1C.[2H]C([2H])([2H])c1cc(C)c(-c2cc(C)c(C([2H])([2H])C)c[n+]2C)cc1-c1ccccc1.[2H]C([2H])([2H])c1ccc(-c2cc(C)c(C(C)(C)C)c[n+]2C)c(C)c1.[2H]C([2H])([2H])c1ccc(-c2ccc(C(C)(C)C)c[n+]2C)c(C)c1. The van der Waals surface area contributed by atoms with Gasteiger partial charge in [0.25, 0.3) is 0 Å². The predicted octanol–water partition coefficient (Wildman–Crippen LogP) is 17.6. The number of pyridine rings is 4. The van der Waals surface area contributed by atoms with Crippen molar-refractivity contribution in [3.8, 4) is 56.2 Å². The Bertz CT molecular complexity index is 4030. The van der Waals surface area contributed by atoms with Gasteiger partial charge in [-0.3, -0.25) is 0 Å². The molecule has 0 spiro atoms. The third-order valence-electron chi connectivity index (χ3n) is 15.2. The van der Waals surface area contributed by atoms with E-state index in [4.69, 9.17) is 15.1 Å². The second kappa shape index (κ2) is 26.1. The highest BCUT2D eigenvalue weighted by molar-refractivity contribution is 5.76. The molecule has 0 fully saturated rings. The fourth-order valence-electron chi connectivity index (χ4n) is 10.3. The van der Waals surface area contributed by atoms with Gasteiger partial charge in [0.15, 0.2) is 24.8 Å². The predicted molar refractivity (Wildman–Crippen MR) is 346 cm³/mol. The van der Waals surface area contributed by atoms with Gasteiger partial charge in [0.2, 0.25) is 22.8 Å². The van der Waals surface area contributed by atoms with Crippen LogP contribution in [-0.2, 0) is 50.8 Å². The third-order valence-corrected chi connectivity index (χ3v) is 15.2. The summed E-state index contributed by atoms with van der Waals surface area (Å²) in [5.74, 6) is 0. The Morgan fingerprint density at radius 2 is 0.815 bits per heavy atom. The van der Waals surface area contributed by atoms with Crippen LogP contribution < -0.4 is 18.3 Å². The summed E-state index contributed by atoms with van der Waals surface area (Å²) in [5.41, 5.74) is 22.7. The van der Waals surface area contributed by atoms with Crippen LogP contribution in [-0.4, -0.2) is 0 Å². The highest BCUT2D eigenvalue weighted by atomic mass is 14.9. The number of hydrogen-bond donors (Lipinski definition) is 0. The second-order valence-electron chi connectivity index (χ2n) is 25.0. The molecule has 0 atom stereocenters. The molecule has 422 valence electrons. The van der Waals surface area contributed by atoms with E-state index in [0.717, 1.165) is 61.6 Å². The maximum atomic E-state index is 8.06. The summed E-state index contributed by atoms with van der Waals surface area (Å²) in [4.78, 5) is 0. The van der Waals surface area contributed by atoms with Crippen LogP contribution in [0.25, 0.3) is 56.2 Å². The van der Waals surface area contributed by atoms with Crippen molar-refractivity contribution in [1.29, 1.82) is 0 Å². The Kier molecular flexibility index (Phi) is 15.6. The van der Waals surface area contributed by atoms with E-state index in [1.54, 1.807) is 37.3 Å². The number of aromatic nitrogens is 4. The molecule has 0 saturated carbocycles. The highest BCUT2D eigenvalue weighted by Gasteiger charge is 2.25. The van der Waals surface area contributed by atoms with Gasteiger partial charge in [-0.15, -0.1) is 0 Å². The molecule has 4 heteroatoms. The van der Waals surface area contributed by atoms with E-state index in [-0.39, 0.29) is 16.2 Å². The van der Waals surface area contributed by atoms with Crippen LogP contribution in [0.5, 0.6) is 0 Å². The summed E-state index contributed by atoms with van der Waals surface area (Å²) in [6.07, 6.45) is 6.95. The van der Waals surface area contributed by atoms with E-state index in [2.05, 4.69) is 170 Å². The second-order valence-corrected chi connectivity index (χ2v) is 25.0. The van der Waals surface area contributed by atoms with Crippen molar-refractivity contribution < 1.29 is 33.3 Å². The van der Waals surface area contributed by atoms with Crippen molar-refractivity contribution in [3.63, 3.8) is 0 Å². The van der Waals surface area contributed by atoms with Gasteiger partial charge >= 0.3 is 0 Å². The Hall–Kier alpha value is -7.30. The summed E-state index contributed by atoms with van der Waals surface area (Å²) >= 11 is 0. The standard InChI is InChI=1S/C23H26N.C19H26N.C18H24N.C17H22N/c1-6-19-15-24(5)23(13-16(19)2)22-14-21(17(3)12-18(22)4)20-10-8-7-9-11-20;1-13-8-9-16(14(2)10-13)18-11-15(3)17(12-20(18)7)19(4,5)6;1-13-7-9-16(14(2)11-13)17-10-8-15(12-19(17)6)18(3,4)5;1-13-8-6-7-9-15(13)16-11-10-14(12-18(16)5)17(2,3)4/h7-15H,6H2,1-5H3;8-12H,1-7H3;7-12H,1-6H3;6-12H,1-5H3/q4*+1/i3D3,6D2;2*1D3;. The van der Waals surface area contributed by atoms with Crippen molar-refractivity contribution in [2.75, 3.05) is 0 Å². The lowest BCUT2D eigenvalue weighted by Crippen LogP contribution is -2.34. The summed E-state index contributed by atoms with van der Waals surface area (Å²) < 4.78 is 93.7. The lowest BCUT2D eigenvalue weighted by atomic mass is 9.84. The van der Waals surface area contributed by atoms with Crippen LogP contribution in [0.2, 0.25) is 0 Å². The summed E-state index contributed by atoms with van der Waals surface area (Å²) in [7, 11) is 8.09. The monoisotopic (exact) mass is 1090 g/mol. The molecule has 5 aromatic carbocycles. The van der Waals surface area contributed by atoms with Gasteiger partial charge < -0.3 is 0 Å². The van der Waals surface area contributed by atoms with Crippen molar-refractivity contribution in [2.24, 2.45) is 28.2 Å². The van der Waals surface area contributed by atoms with Crippen molar-refractivity contribution in [2.45, 2.75) is 154 Å². The number of nitrogens with zero attached hydrogens (tertiary/aromatic N) is 4. The minimum Gasteiger partial charge on any atom is -0.201 e. The maximum Gasteiger partial charge on any atom is 0.212 e. The van der Waals surface area contributed by atoms with Crippen molar-refractivity contribution in [3.05, 3.63) is 237 Å². The number of hydrogen-bond acceptors (Lipinski definition) is 0. The first-order valence-corrected chi connectivity index (χ1v) is 28.2. The normalized spacial score (nSPS) is 14.1. The first kappa shape index (κ1) is 48.4. The zero-order valence-corrected chi connectivity index (χ0v) is 52.4. The number of rotatable bonds is 6. The molecule has 0 amide bonds. The van der Waals surface area contributed by atoms with Gasteiger partial charge in [0.1, 0.15) is 28.2 Å². The molecular weight excluding hydrogens is 981 g/mol. The topological polar surface area (TPSA) is 15.5 Å². The number of benzene rings is 5. The van der Waals surface area contributed by atoms with E-state index >= 15 is 0 Å². The third kappa shape index (κ3) is 15.8. The Morgan fingerprint density at radius 1 is 0.358 bits per heavy atom. The molecule has 0 aliphatic rings. The summed E-state index contributed by atoms with van der Waals surface area (Å²) in [6.45, 7) is 27.2. The van der Waals surface area contributed by atoms with Crippen LogP contribution in [0.1, 0.15) is 157 Å². The maximum absolute atomic E-state index is 8.06. The van der Waals surface area contributed by atoms with Gasteiger partial charge in [-0.1, -0.05) is 159 Å². The molecular formula is C77H98N4+4. The minimum absolute atomic E-state index is 0.0978. The minimum atomic E-state index is -2.21. The largest absolute Gasteiger partial charge is 0.212 e. The van der Waals surface area contributed by atoms with E-state index in [9.17, 15) is 0 Å². The summed E-state index contributed by atoms with van der Waals surface area (Å²) in [6, 6.07) is 45.4. The molecule has 4 nitrogen and oxygen atoms in total. The molecule has 4 aromatic heterocycles. The molecule has 0 aliphatic carbocycles. The summed E-state index contributed by atoms with van der Waals surface area (Å²) in [5, 5.41) is 0. The van der Waals surface area contributed by atoms with Gasteiger partial charge in [-0.25, -0.2) is 18.3 Å². The Balaban J connectivity index is 0.000000197. The lowest BCUT2D eigenvalue weighted by Gasteiger charge is -2.20. The average Bonchev–Trinajstić information content (AvgIpc) is 0.780. The molecule has 0 N–H and O–H groups in total. The van der Waals surface area contributed by atoms with E-state index < -0.39 is 26.9 Å². The van der Waals surface area contributed by atoms with E-state index in [0.29, 0.717) is 27.8 Å². The number of aryl methyl sites for hydroxylation is 14. The molecule has 4 heterocycles. The molecule has 0 saturated heterocycles. The van der Waals surface area contributed by atoms with Gasteiger partial charge in [0.05, 0.1) is 0 Å². The Morgan fingerprint density at radius 3 is 1.28 bits per heavy atom. The lowest BCUT2D eigenvalue weighted by molar-refractivity contribution is -0.661. The fraction of sp³-hybridized carbons (Fsp3) is 0.351. The van der Waals surface area contributed by atoms with Crippen LogP contribution in [0, 0.1) is 62.1 Å². The average molecular weight is 1090 g/mol. The molecule has 0 radical (unpaired) electrons. The van der Waals surface area contributed by atoms with Crippen LogP contribution in [0.15, 0.2) is 164 Å². The van der Waals surface area contributed by atoms with E-state index in [1.165, 1.54) is 39.1 Å². The smallest absolute Gasteiger partial charge is 0.201 e. The highest BCUT2D eigenvalue weighted by Crippen LogP contribution is 2.33. The van der Waals surface area contributed by atoms with E-state index in [1.807, 2.05) is 114 Å². The van der Waals surface area contributed by atoms with Crippen LogP contribution in [0.4, 0.5) is 0 Å². The van der Waals surface area contributed by atoms with Crippen LogP contribution in [0.3, 0.4) is 0 Å². The van der Waals surface area contributed by atoms with Crippen molar-refractivity contribution >= 4 is 0 Å². The molecule has 0 aliphatic heterocycles. The van der Waals surface area contributed by atoms with Crippen LogP contribution >= 0.6 is 0 Å². The van der Waals surface area contributed by atoms with Crippen molar-refractivity contribution in [1.82, 2.24) is 0 Å². The zero-order valence-electron chi connectivity index (χ0n) is 63.4. The van der Waals surface area contributed by atoms with Gasteiger partial charge in [-0.05, 0) is 171 Å². The van der Waals surface area contributed by atoms with Gasteiger partial charge in [-0.2, -0.15) is 0 Å². The first-order valence-electron chi connectivity index (χ1n) is 33.7. The Labute approximate surface area is 506 Å². The fourth-order valence-corrected chi connectivity index (χ4v) is 10.3. The molecule has 0 bridgehead atoms. The zero-order chi connectivity index (χ0) is 69.2. The quantitative estimate of drug-likeness (QED) is 0.148. The first-order chi connectivity index (χ1) is 42.2. The van der Waals surface area contributed by atoms with Gasteiger partial charge in [0, 0.05) is 83.9 Å². The molecule has 9 rings (SSSR count). The molecule has 81 heavy (non-hydrogen) atoms. The molecule has 9 aromatic rings.